The van der Waals surface area contributed by atoms with Crippen molar-refractivity contribution < 1.29 is 8.42 Å². The van der Waals surface area contributed by atoms with Crippen molar-refractivity contribution >= 4 is 33.0 Å². The van der Waals surface area contributed by atoms with Gasteiger partial charge >= 0.3 is 0 Å². The van der Waals surface area contributed by atoms with Crippen LogP contribution in [0, 0.1) is 0 Å². The first-order valence-corrected chi connectivity index (χ1v) is 10.1. The number of hydrogen-bond acceptors (Lipinski definition) is 4. The van der Waals surface area contributed by atoms with Crippen molar-refractivity contribution in [3.8, 4) is 0 Å². The number of likely N-dealkylation sites (tertiary alicyclic amines) is 1. The minimum Gasteiger partial charge on any atom is -0.299 e. The fourth-order valence-corrected chi connectivity index (χ4v) is 5.88. The molecule has 0 radical (unpaired) electrons. The van der Waals surface area contributed by atoms with Crippen molar-refractivity contribution in [3.05, 3.63) is 17.0 Å². The molecule has 0 N–H and O–H groups in total. The minimum absolute atomic E-state index is 0.344. The molecule has 4 nitrogen and oxygen atoms in total. The number of hydrogen-bond donors (Lipinski definition) is 0. The van der Waals surface area contributed by atoms with Gasteiger partial charge in [-0.25, -0.2) is 8.42 Å². The highest BCUT2D eigenvalue weighted by Crippen LogP contribution is 2.26. The SMILES string of the molecule is CCN1CCCC1CN(C)S(=O)(=O)c1ccc(CCCl)s1. The van der Waals surface area contributed by atoms with Gasteiger partial charge in [-0.3, -0.25) is 4.90 Å². The number of aryl methyl sites for hydroxylation is 1. The summed E-state index contributed by atoms with van der Waals surface area (Å²) >= 11 is 7.04. The zero-order chi connectivity index (χ0) is 15.5. The van der Waals surface area contributed by atoms with E-state index >= 15 is 0 Å². The Bertz CT molecular complexity index is 559. The monoisotopic (exact) mass is 350 g/mol. The molecule has 1 saturated heterocycles. The zero-order valence-corrected chi connectivity index (χ0v) is 15.0. The standard InChI is InChI=1S/C14H23ClN2O2S2/c1-3-17-10-4-5-12(17)11-16(2)21(18,19)14-7-6-13(20-14)8-9-15/h6-7,12H,3-5,8-11H2,1-2H3. The predicted molar refractivity (Wildman–Crippen MR) is 88.8 cm³/mol. The van der Waals surface area contributed by atoms with Crippen LogP contribution in [0.5, 0.6) is 0 Å². The first kappa shape index (κ1) is 17.2. The molecule has 0 aromatic carbocycles. The summed E-state index contributed by atoms with van der Waals surface area (Å²) in [6.45, 7) is 4.76. The van der Waals surface area contributed by atoms with Gasteiger partial charge in [0.2, 0.25) is 0 Å². The van der Waals surface area contributed by atoms with Gasteiger partial charge in [0.1, 0.15) is 4.21 Å². The lowest BCUT2D eigenvalue weighted by atomic mass is 10.2. The van der Waals surface area contributed by atoms with E-state index in [1.807, 2.05) is 6.07 Å². The molecule has 0 spiro atoms. The molecule has 1 unspecified atom stereocenters. The molecule has 7 heteroatoms. The second kappa shape index (κ2) is 7.42. The second-order valence-corrected chi connectivity index (χ2v) is 9.19. The van der Waals surface area contributed by atoms with E-state index in [1.165, 1.54) is 15.6 Å². The van der Waals surface area contributed by atoms with E-state index in [2.05, 4.69) is 11.8 Å². The summed E-state index contributed by atoms with van der Waals surface area (Å²) in [7, 11) is -1.69. The number of rotatable bonds is 7. The average Bonchev–Trinajstić information content (AvgIpc) is 3.08. The van der Waals surface area contributed by atoms with E-state index in [-0.39, 0.29) is 0 Å². The maximum Gasteiger partial charge on any atom is 0.252 e. The smallest absolute Gasteiger partial charge is 0.252 e. The Morgan fingerprint density at radius 1 is 1.48 bits per heavy atom. The maximum atomic E-state index is 12.6. The summed E-state index contributed by atoms with van der Waals surface area (Å²) in [6, 6.07) is 3.91. The highest BCUT2D eigenvalue weighted by atomic mass is 35.5. The van der Waals surface area contributed by atoms with Crippen LogP contribution in [0.1, 0.15) is 24.6 Å². The normalized spacial score (nSPS) is 20.5. The van der Waals surface area contributed by atoms with Crippen molar-refractivity contribution in [2.45, 2.75) is 36.4 Å². The average molecular weight is 351 g/mol. The molecule has 1 fully saturated rings. The summed E-state index contributed by atoms with van der Waals surface area (Å²) in [6.07, 6.45) is 2.96. The number of sulfonamides is 1. The number of likely N-dealkylation sites (N-methyl/N-ethyl adjacent to an activating group) is 2. The fourth-order valence-electron chi connectivity index (χ4n) is 2.79. The maximum absolute atomic E-state index is 12.6. The molecule has 1 aliphatic rings. The Morgan fingerprint density at radius 2 is 2.24 bits per heavy atom. The molecular formula is C14H23ClN2O2S2. The van der Waals surface area contributed by atoms with Crippen molar-refractivity contribution in [2.24, 2.45) is 0 Å². The third-order valence-electron chi connectivity index (χ3n) is 4.02. The largest absolute Gasteiger partial charge is 0.299 e. The van der Waals surface area contributed by atoms with E-state index < -0.39 is 10.0 Å². The fraction of sp³-hybridized carbons (Fsp3) is 0.714. The first-order chi connectivity index (χ1) is 9.98. The number of alkyl halides is 1. The molecule has 1 aromatic rings. The molecule has 1 aliphatic heterocycles. The highest BCUT2D eigenvalue weighted by molar-refractivity contribution is 7.91. The molecule has 2 heterocycles. The van der Waals surface area contributed by atoms with E-state index in [0.29, 0.717) is 22.7 Å². The quantitative estimate of drug-likeness (QED) is 0.710. The highest BCUT2D eigenvalue weighted by Gasteiger charge is 2.29. The van der Waals surface area contributed by atoms with Crippen molar-refractivity contribution in [1.29, 1.82) is 0 Å². The van der Waals surface area contributed by atoms with Gasteiger partial charge < -0.3 is 0 Å². The Kier molecular flexibility index (Phi) is 6.08. The van der Waals surface area contributed by atoms with Gasteiger partial charge in [0, 0.05) is 30.4 Å². The molecule has 0 saturated carbocycles. The predicted octanol–water partition coefficient (Wildman–Crippen LogP) is 2.63. The zero-order valence-electron chi connectivity index (χ0n) is 12.6. The molecule has 1 aromatic heterocycles. The van der Waals surface area contributed by atoms with Crippen LogP contribution in [0.4, 0.5) is 0 Å². The van der Waals surface area contributed by atoms with E-state index in [0.717, 1.165) is 37.2 Å². The third kappa shape index (κ3) is 3.99. The Balaban J connectivity index is 2.07. The van der Waals surface area contributed by atoms with Gasteiger partial charge in [0.15, 0.2) is 0 Å². The van der Waals surface area contributed by atoms with Gasteiger partial charge in [0.25, 0.3) is 10.0 Å². The molecule has 0 bridgehead atoms. The second-order valence-electron chi connectivity index (χ2n) is 5.37. The van der Waals surface area contributed by atoms with Gasteiger partial charge in [-0.05, 0) is 44.5 Å². The summed E-state index contributed by atoms with van der Waals surface area (Å²) in [4.78, 5) is 3.38. The lowest BCUT2D eigenvalue weighted by molar-refractivity contribution is 0.238. The van der Waals surface area contributed by atoms with Gasteiger partial charge in [0.05, 0.1) is 0 Å². The molecule has 2 rings (SSSR count). The van der Waals surface area contributed by atoms with E-state index in [9.17, 15) is 8.42 Å². The number of halogens is 1. The summed E-state index contributed by atoms with van der Waals surface area (Å²) in [5.41, 5.74) is 0. The van der Waals surface area contributed by atoms with Crippen molar-refractivity contribution in [3.63, 3.8) is 0 Å². The Morgan fingerprint density at radius 3 is 2.90 bits per heavy atom. The Hall–Kier alpha value is -0.140. The first-order valence-electron chi connectivity index (χ1n) is 7.34. The van der Waals surface area contributed by atoms with Gasteiger partial charge in [-0.1, -0.05) is 6.92 Å². The minimum atomic E-state index is -3.37. The number of nitrogens with zero attached hydrogens (tertiary/aromatic N) is 2. The molecule has 21 heavy (non-hydrogen) atoms. The van der Waals surface area contributed by atoms with Crippen molar-refractivity contribution in [2.75, 3.05) is 32.6 Å². The topological polar surface area (TPSA) is 40.6 Å². The summed E-state index contributed by atoms with van der Waals surface area (Å²) in [5.74, 6) is 0.517. The van der Waals surface area contributed by atoms with E-state index in [1.54, 1.807) is 13.1 Å². The lowest BCUT2D eigenvalue weighted by Crippen LogP contribution is -2.40. The van der Waals surface area contributed by atoms with Crippen LogP contribution in [0.2, 0.25) is 0 Å². The number of thiophene rings is 1. The van der Waals surface area contributed by atoms with Gasteiger partial charge in [-0.2, -0.15) is 4.31 Å². The van der Waals surface area contributed by atoms with Crippen LogP contribution in [-0.4, -0.2) is 56.2 Å². The molecule has 0 aliphatic carbocycles. The molecular weight excluding hydrogens is 328 g/mol. The summed E-state index contributed by atoms with van der Waals surface area (Å²) < 4.78 is 27.2. The van der Waals surface area contributed by atoms with Crippen LogP contribution >= 0.6 is 22.9 Å². The lowest BCUT2D eigenvalue weighted by Gasteiger charge is -2.27. The van der Waals surface area contributed by atoms with Crippen molar-refractivity contribution in [1.82, 2.24) is 9.21 Å². The van der Waals surface area contributed by atoms with E-state index in [4.69, 9.17) is 11.6 Å². The van der Waals surface area contributed by atoms with Crippen LogP contribution in [0.15, 0.2) is 16.3 Å². The Labute approximate surface area is 136 Å². The molecule has 1 atom stereocenters. The third-order valence-corrected chi connectivity index (χ3v) is 7.64. The molecule has 0 amide bonds. The van der Waals surface area contributed by atoms with Crippen LogP contribution < -0.4 is 0 Å². The summed E-state index contributed by atoms with van der Waals surface area (Å²) in [5, 5.41) is 0. The van der Waals surface area contributed by atoms with Crippen LogP contribution in [0.25, 0.3) is 0 Å². The van der Waals surface area contributed by atoms with Crippen LogP contribution in [0.3, 0.4) is 0 Å². The van der Waals surface area contributed by atoms with Crippen LogP contribution in [-0.2, 0) is 16.4 Å². The van der Waals surface area contributed by atoms with Gasteiger partial charge in [-0.15, -0.1) is 22.9 Å². The molecule has 120 valence electrons.